The van der Waals surface area contributed by atoms with Gasteiger partial charge in [-0.2, -0.15) is 0 Å². The van der Waals surface area contributed by atoms with Gasteiger partial charge in [0.05, 0.1) is 19.1 Å². The van der Waals surface area contributed by atoms with Gasteiger partial charge in [-0.25, -0.2) is 4.39 Å². The zero-order chi connectivity index (χ0) is 14.0. The van der Waals surface area contributed by atoms with E-state index in [4.69, 9.17) is 14.6 Å². The first kappa shape index (κ1) is 13.5. The second-order valence-corrected chi connectivity index (χ2v) is 4.51. The first-order valence-corrected chi connectivity index (χ1v) is 6.03. The Morgan fingerprint density at radius 1 is 1.47 bits per heavy atom. The summed E-state index contributed by atoms with van der Waals surface area (Å²) in [5, 5.41) is 18.7. The molecule has 104 valence electrons. The SMILES string of the molecule is CC(Cc1c(O)c(F)cc2c1OCCCO2)C(=O)O. The molecule has 1 aromatic rings. The van der Waals surface area contributed by atoms with Gasteiger partial charge in [0, 0.05) is 18.1 Å². The van der Waals surface area contributed by atoms with E-state index in [2.05, 4.69) is 0 Å². The number of hydrogen-bond acceptors (Lipinski definition) is 4. The fraction of sp³-hybridized carbons (Fsp3) is 0.462. The molecule has 0 saturated heterocycles. The van der Waals surface area contributed by atoms with Crippen molar-refractivity contribution in [1.82, 2.24) is 0 Å². The summed E-state index contributed by atoms with van der Waals surface area (Å²) < 4.78 is 24.4. The van der Waals surface area contributed by atoms with Crippen LogP contribution in [-0.2, 0) is 11.2 Å². The Morgan fingerprint density at radius 2 is 2.16 bits per heavy atom. The molecule has 5 nitrogen and oxygen atoms in total. The molecule has 0 fully saturated rings. The highest BCUT2D eigenvalue weighted by Gasteiger charge is 2.25. The van der Waals surface area contributed by atoms with Crippen LogP contribution in [0.25, 0.3) is 0 Å². The number of aliphatic carboxylic acids is 1. The van der Waals surface area contributed by atoms with Crippen LogP contribution in [0.2, 0.25) is 0 Å². The van der Waals surface area contributed by atoms with Crippen molar-refractivity contribution >= 4 is 5.97 Å². The minimum absolute atomic E-state index is 0.0232. The summed E-state index contributed by atoms with van der Waals surface area (Å²) in [6.07, 6.45) is 0.621. The standard InChI is InChI=1S/C13H15FO5/c1-7(13(16)17)5-8-11(15)9(14)6-10-12(8)19-4-2-3-18-10/h6-7,15H,2-5H2,1H3,(H,16,17). The Balaban J connectivity index is 2.45. The lowest BCUT2D eigenvalue weighted by Crippen LogP contribution is -2.13. The lowest BCUT2D eigenvalue weighted by Gasteiger charge is -2.16. The van der Waals surface area contributed by atoms with E-state index in [1.807, 2.05) is 0 Å². The Morgan fingerprint density at radius 3 is 2.84 bits per heavy atom. The predicted octanol–water partition coefficient (Wildman–Crippen LogP) is 1.96. The van der Waals surface area contributed by atoms with E-state index in [1.165, 1.54) is 6.92 Å². The average molecular weight is 270 g/mol. The number of aromatic hydroxyl groups is 1. The van der Waals surface area contributed by atoms with Crippen LogP contribution in [-0.4, -0.2) is 29.4 Å². The fourth-order valence-corrected chi connectivity index (χ4v) is 1.91. The molecule has 6 heteroatoms. The minimum Gasteiger partial charge on any atom is -0.505 e. The Kier molecular flexibility index (Phi) is 3.78. The first-order chi connectivity index (χ1) is 9.00. The zero-order valence-corrected chi connectivity index (χ0v) is 10.5. The Bertz CT molecular complexity index is 500. The van der Waals surface area contributed by atoms with Crippen LogP contribution < -0.4 is 9.47 Å². The zero-order valence-electron chi connectivity index (χ0n) is 10.5. The van der Waals surface area contributed by atoms with Crippen LogP contribution in [0.4, 0.5) is 4.39 Å². The number of benzene rings is 1. The lowest BCUT2D eigenvalue weighted by molar-refractivity contribution is -0.141. The molecular weight excluding hydrogens is 255 g/mol. The summed E-state index contributed by atoms with van der Waals surface area (Å²) in [7, 11) is 0. The summed E-state index contributed by atoms with van der Waals surface area (Å²) >= 11 is 0. The summed E-state index contributed by atoms with van der Waals surface area (Å²) in [5.41, 5.74) is 0.145. The van der Waals surface area contributed by atoms with Crippen LogP contribution in [0.5, 0.6) is 17.2 Å². The van der Waals surface area contributed by atoms with E-state index in [1.54, 1.807) is 0 Å². The number of ether oxygens (including phenoxy) is 2. The number of phenols is 1. The molecule has 0 amide bonds. The largest absolute Gasteiger partial charge is 0.505 e. The molecule has 0 bridgehead atoms. The van der Waals surface area contributed by atoms with Gasteiger partial charge in [-0.3, -0.25) is 4.79 Å². The number of halogens is 1. The number of phenolic OH excluding ortho intramolecular Hbond substituents is 1. The quantitative estimate of drug-likeness (QED) is 0.878. The molecule has 1 unspecified atom stereocenters. The van der Waals surface area contributed by atoms with Crippen molar-refractivity contribution in [2.24, 2.45) is 5.92 Å². The Labute approximate surface area is 109 Å². The van der Waals surface area contributed by atoms with Crippen molar-refractivity contribution in [1.29, 1.82) is 0 Å². The molecule has 1 aliphatic heterocycles. The van der Waals surface area contributed by atoms with Crippen molar-refractivity contribution in [2.45, 2.75) is 19.8 Å². The van der Waals surface area contributed by atoms with E-state index in [0.717, 1.165) is 6.07 Å². The lowest BCUT2D eigenvalue weighted by atomic mass is 9.99. The minimum atomic E-state index is -1.02. The maximum absolute atomic E-state index is 13.6. The van der Waals surface area contributed by atoms with Gasteiger partial charge in [0.2, 0.25) is 0 Å². The molecule has 0 spiro atoms. The molecular formula is C13H15FO5. The number of fused-ring (bicyclic) bond motifs is 1. The highest BCUT2D eigenvalue weighted by atomic mass is 19.1. The first-order valence-electron chi connectivity index (χ1n) is 6.03. The van der Waals surface area contributed by atoms with Crippen molar-refractivity contribution < 1.29 is 28.9 Å². The summed E-state index contributed by atoms with van der Waals surface area (Å²) in [5.74, 6) is -2.74. The third kappa shape index (κ3) is 2.72. The van der Waals surface area contributed by atoms with Crippen LogP contribution in [0, 0.1) is 11.7 Å². The van der Waals surface area contributed by atoms with Crippen molar-refractivity contribution in [2.75, 3.05) is 13.2 Å². The molecule has 0 radical (unpaired) electrons. The monoisotopic (exact) mass is 270 g/mol. The van der Waals surface area contributed by atoms with Crippen LogP contribution in [0.3, 0.4) is 0 Å². The number of carboxylic acid groups (broad SMARTS) is 1. The van der Waals surface area contributed by atoms with E-state index < -0.39 is 23.5 Å². The molecule has 1 aliphatic rings. The molecule has 2 rings (SSSR count). The van der Waals surface area contributed by atoms with Gasteiger partial charge in [0.1, 0.15) is 0 Å². The Hall–Kier alpha value is -1.98. The highest BCUT2D eigenvalue weighted by molar-refractivity contribution is 5.70. The third-order valence-electron chi connectivity index (χ3n) is 2.99. The maximum atomic E-state index is 13.6. The highest BCUT2D eigenvalue weighted by Crippen LogP contribution is 2.41. The second-order valence-electron chi connectivity index (χ2n) is 4.51. The molecule has 1 heterocycles. The van der Waals surface area contributed by atoms with Crippen LogP contribution in [0.1, 0.15) is 18.9 Å². The summed E-state index contributed by atoms with van der Waals surface area (Å²) in [6, 6.07) is 1.06. The molecule has 0 aromatic heterocycles. The predicted molar refractivity (Wildman–Crippen MR) is 64.2 cm³/mol. The molecule has 0 saturated carbocycles. The average Bonchev–Trinajstić information content (AvgIpc) is 2.59. The third-order valence-corrected chi connectivity index (χ3v) is 2.99. The molecule has 0 aliphatic carbocycles. The topological polar surface area (TPSA) is 76.0 Å². The molecule has 1 aromatic carbocycles. The fourth-order valence-electron chi connectivity index (χ4n) is 1.91. The van der Waals surface area contributed by atoms with E-state index in [9.17, 15) is 14.3 Å². The number of rotatable bonds is 3. The number of carbonyl (C=O) groups is 1. The summed E-state index contributed by atoms with van der Waals surface area (Å²) in [4.78, 5) is 10.9. The van der Waals surface area contributed by atoms with Gasteiger partial charge in [0.15, 0.2) is 23.1 Å². The van der Waals surface area contributed by atoms with Gasteiger partial charge >= 0.3 is 5.97 Å². The van der Waals surface area contributed by atoms with Crippen LogP contribution in [0.15, 0.2) is 6.07 Å². The smallest absolute Gasteiger partial charge is 0.306 e. The van der Waals surface area contributed by atoms with Gasteiger partial charge < -0.3 is 19.7 Å². The van der Waals surface area contributed by atoms with Gasteiger partial charge in [-0.15, -0.1) is 0 Å². The van der Waals surface area contributed by atoms with Crippen molar-refractivity contribution in [3.63, 3.8) is 0 Å². The van der Waals surface area contributed by atoms with Crippen molar-refractivity contribution in [3.05, 3.63) is 17.4 Å². The van der Waals surface area contributed by atoms with E-state index in [-0.39, 0.29) is 23.5 Å². The van der Waals surface area contributed by atoms with Gasteiger partial charge in [-0.05, 0) is 6.42 Å². The van der Waals surface area contributed by atoms with E-state index in [0.29, 0.717) is 19.6 Å². The van der Waals surface area contributed by atoms with Gasteiger partial charge in [0.25, 0.3) is 0 Å². The number of carboxylic acids is 1. The second kappa shape index (κ2) is 5.34. The van der Waals surface area contributed by atoms with E-state index >= 15 is 0 Å². The molecule has 19 heavy (non-hydrogen) atoms. The maximum Gasteiger partial charge on any atom is 0.306 e. The number of hydrogen-bond donors (Lipinski definition) is 2. The molecule has 1 atom stereocenters. The van der Waals surface area contributed by atoms with Crippen molar-refractivity contribution in [3.8, 4) is 17.2 Å². The normalized spacial score (nSPS) is 15.7. The van der Waals surface area contributed by atoms with Gasteiger partial charge in [-0.1, -0.05) is 6.92 Å². The summed E-state index contributed by atoms with van der Waals surface area (Å²) in [6.45, 7) is 2.26. The molecule has 2 N–H and O–H groups in total. The van der Waals surface area contributed by atoms with Crippen LogP contribution >= 0.6 is 0 Å².